The number of carbonyl (C=O) groups excluding carboxylic acids is 1. The fourth-order valence-corrected chi connectivity index (χ4v) is 3.26. The lowest BCUT2D eigenvalue weighted by atomic mass is 10.0. The smallest absolute Gasteiger partial charge is 0.253 e. The van der Waals surface area contributed by atoms with Gasteiger partial charge < -0.3 is 15.0 Å². The van der Waals surface area contributed by atoms with Crippen molar-refractivity contribution in [1.29, 1.82) is 0 Å². The third-order valence-corrected chi connectivity index (χ3v) is 4.82. The number of nitrogens with zero attached hydrogens (tertiary/aromatic N) is 1. The minimum atomic E-state index is 0. The summed E-state index contributed by atoms with van der Waals surface area (Å²) in [7, 11) is 1.98. The van der Waals surface area contributed by atoms with Gasteiger partial charge >= 0.3 is 0 Å². The third-order valence-electron chi connectivity index (χ3n) is 4.32. The van der Waals surface area contributed by atoms with E-state index in [1.165, 1.54) is 0 Å². The summed E-state index contributed by atoms with van der Waals surface area (Å²) in [4.78, 5) is 14.5. The average Bonchev–Trinajstić information content (AvgIpc) is 2.62. The van der Waals surface area contributed by atoms with Gasteiger partial charge in [0.2, 0.25) is 0 Å². The fraction of sp³-hybridized carbons (Fsp3) is 0.316. The van der Waals surface area contributed by atoms with Crippen LogP contribution in [0.1, 0.15) is 23.2 Å². The van der Waals surface area contributed by atoms with Gasteiger partial charge in [-0.05, 0) is 62.4 Å². The number of rotatable bonds is 4. The molecule has 0 atom stereocenters. The number of piperidine rings is 1. The van der Waals surface area contributed by atoms with Gasteiger partial charge in [0.25, 0.3) is 5.91 Å². The Morgan fingerprint density at radius 3 is 2.40 bits per heavy atom. The zero-order valence-corrected chi connectivity index (χ0v) is 16.5. The highest BCUT2D eigenvalue weighted by atomic mass is 79.9. The van der Waals surface area contributed by atoms with Crippen molar-refractivity contribution >= 4 is 34.2 Å². The SMILES string of the molecule is CNC1CCN(C(=O)c2ccc(Oc3cccc(Br)c3)cc2)CC1.Cl. The lowest BCUT2D eigenvalue weighted by Gasteiger charge is -2.31. The van der Waals surface area contributed by atoms with E-state index in [2.05, 4.69) is 21.2 Å². The molecule has 1 amide bonds. The number of carbonyl (C=O) groups is 1. The lowest BCUT2D eigenvalue weighted by Crippen LogP contribution is -2.43. The Bertz CT molecular complexity index is 701. The molecular weight excluding hydrogens is 404 g/mol. The molecule has 0 bridgehead atoms. The monoisotopic (exact) mass is 424 g/mol. The second kappa shape index (κ2) is 9.22. The van der Waals surface area contributed by atoms with Crippen molar-refractivity contribution in [1.82, 2.24) is 10.2 Å². The highest BCUT2D eigenvalue weighted by molar-refractivity contribution is 9.10. The molecule has 0 spiro atoms. The summed E-state index contributed by atoms with van der Waals surface area (Å²) in [6.45, 7) is 1.61. The topological polar surface area (TPSA) is 41.6 Å². The summed E-state index contributed by atoms with van der Waals surface area (Å²) in [6, 6.07) is 15.6. The number of amides is 1. The Morgan fingerprint density at radius 2 is 1.80 bits per heavy atom. The first-order valence-corrected chi connectivity index (χ1v) is 8.95. The van der Waals surface area contributed by atoms with Crippen molar-refractivity contribution in [2.75, 3.05) is 20.1 Å². The predicted octanol–water partition coefficient (Wildman–Crippen LogP) is 4.49. The van der Waals surface area contributed by atoms with Gasteiger partial charge in [-0.3, -0.25) is 4.79 Å². The van der Waals surface area contributed by atoms with Gasteiger partial charge in [0.1, 0.15) is 11.5 Å². The maximum absolute atomic E-state index is 12.6. The van der Waals surface area contributed by atoms with Crippen LogP contribution in [0.3, 0.4) is 0 Å². The molecular formula is C19H22BrClN2O2. The lowest BCUT2D eigenvalue weighted by molar-refractivity contribution is 0.0707. The molecule has 2 aromatic carbocycles. The number of likely N-dealkylation sites (tertiary alicyclic amines) is 1. The van der Waals surface area contributed by atoms with Crippen molar-refractivity contribution in [2.24, 2.45) is 0 Å². The summed E-state index contributed by atoms with van der Waals surface area (Å²) in [5.41, 5.74) is 0.708. The van der Waals surface area contributed by atoms with E-state index in [4.69, 9.17) is 4.74 Å². The van der Waals surface area contributed by atoms with Gasteiger partial charge in [-0.15, -0.1) is 12.4 Å². The Hall–Kier alpha value is -1.56. The first-order chi connectivity index (χ1) is 11.7. The van der Waals surface area contributed by atoms with Crippen LogP contribution in [-0.4, -0.2) is 37.0 Å². The van der Waals surface area contributed by atoms with E-state index >= 15 is 0 Å². The molecule has 1 heterocycles. The van der Waals surface area contributed by atoms with E-state index in [-0.39, 0.29) is 18.3 Å². The summed E-state index contributed by atoms with van der Waals surface area (Å²) in [6.07, 6.45) is 2.01. The summed E-state index contributed by atoms with van der Waals surface area (Å²) in [5, 5.41) is 3.28. The van der Waals surface area contributed by atoms with Gasteiger partial charge in [-0.25, -0.2) is 0 Å². The largest absolute Gasteiger partial charge is 0.457 e. The van der Waals surface area contributed by atoms with E-state index in [0.29, 0.717) is 11.6 Å². The molecule has 0 unspecified atom stereocenters. The van der Waals surface area contributed by atoms with Gasteiger partial charge in [-0.2, -0.15) is 0 Å². The third kappa shape index (κ3) is 5.21. The van der Waals surface area contributed by atoms with Gasteiger partial charge in [0, 0.05) is 29.2 Å². The van der Waals surface area contributed by atoms with E-state index in [9.17, 15) is 4.79 Å². The van der Waals surface area contributed by atoms with Crippen molar-refractivity contribution in [3.63, 3.8) is 0 Å². The number of ether oxygens (including phenoxy) is 1. The number of hydrogen-bond donors (Lipinski definition) is 1. The molecule has 4 nitrogen and oxygen atoms in total. The van der Waals surface area contributed by atoms with Crippen LogP contribution in [0.25, 0.3) is 0 Å². The standard InChI is InChI=1S/C19H21BrN2O2.ClH/c1-21-16-9-11-22(12-10-16)19(23)14-5-7-17(8-6-14)24-18-4-2-3-15(20)13-18;/h2-8,13,16,21H,9-12H2,1H3;1H. The minimum Gasteiger partial charge on any atom is -0.457 e. The van der Waals surface area contributed by atoms with Gasteiger partial charge in [-0.1, -0.05) is 22.0 Å². The highest BCUT2D eigenvalue weighted by Crippen LogP contribution is 2.25. The molecule has 0 radical (unpaired) electrons. The zero-order chi connectivity index (χ0) is 16.9. The molecule has 1 aliphatic heterocycles. The van der Waals surface area contributed by atoms with E-state index in [1.807, 2.05) is 60.5 Å². The molecule has 1 aliphatic rings. The molecule has 1 saturated heterocycles. The van der Waals surface area contributed by atoms with Gasteiger partial charge in [0.05, 0.1) is 0 Å². The van der Waals surface area contributed by atoms with Crippen molar-refractivity contribution in [2.45, 2.75) is 18.9 Å². The van der Waals surface area contributed by atoms with Crippen molar-refractivity contribution in [3.8, 4) is 11.5 Å². The normalized spacial score (nSPS) is 14.7. The first-order valence-electron chi connectivity index (χ1n) is 8.16. The van der Waals surface area contributed by atoms with Crippen molar-refractivity contribution < 1.29 is 9.53 Å². The van der Waals surface area contributed by atoms with Crippen LogP contribution < -0.4 is 10.1 Å². The van der Waals surface area contributed by atoms with E-state index < -0.39 is 0 Å². The van der Waals surface area contributed by atoms with E-state index in [0.717, 1.165) is 41.9 Å². The highest BCUT2D eigenvalue weighted by Gasteiger charge is 2.22. The number of halogens is 2. The van der Waals surface area contributed by atoms with Crippen LogP contribution in [0.15, 0.2) is 53.0 Å². The predicted molar refractivity (Wildman–Crippen MR) is 106 cm³/mol. The Kier molecular flexibility index (Phi) is 7.29. The number of nitrogens with one attached hydrogen (secondary N) is 1. The fourth-order valence-electron chi connectivity index (χ4n) is 2.89. The molecule has 2 aromatic rings. The van der Waals surface area contributed by atoms with Crippen LogP contribution in [0.2, 0.25) is 0 Å². The van der Waals surface area contributed by atoms with Crippen LogP contribution >= 0.6 is 28.3 Å². The van der Waals surface area contributed by atoms with Crippen LogP contribution in [0, 0.1) is 0 Å². The number of benzene rings is 2. The molecule has 0 aliphatic carbocycles. The Morgan fingerprint density at radius 1 is 1.12 bits per heavy atom. The molecule has 1 fully saturated rings. The summed E-state index contributed by atoms with van der Waals surface area (Å²) in [5.74, 6) is 1.58. The molecule has 0 saturated carbocycles. The van der Waals surface area contributed by atoms with E-state index in [1.54, 1.807) is 0 Å². The molecule has 25 heavy (non-hydrogen) atoms. The van der Waals surface area contributed by atoms with Gasteiger partial charge in [0.15, 0.2) is 0 Å². The van der Waals surface area contributed by atoms with Crippen LogP contribution in [0.4, 0.5) is 0 Å². The second-order valence-corrected chi connectivity index (χ2v) is 6.85. The molecule has 0 aromatic heterocycles. The molecule has 1 N–H and O–H groups in total. The molecule has 6 heteroatoms. The average molecular weight is 426 g/mol. The van der Waals surface area contributed by atoms with Crippen molar-refractivity contribution in [3.05, 3.63) is 58.6 Å². The summed E-state index contributed by atoms with van der Waals surface area (Å²) >= 11 is 3.42. The zero-order valence-electron chi connectivity index (χ0n) is 14.1. The quantitative estimate of drug-likeness (QED) is 0.785. The number of hydrogen-bond acceptors (Lipinski definition) is 3. The van der Waals surface area contributed by atoms with Crippen LogP contribution in [0.5, 0.6) is 11.5 Å². The Labute approximate surface area is 163 Å². The Balaban J connectivity index is 0.00000225. The molecule has 3 rings (SSSR count). The maximum atomic E-state index is 12.6. The minimum absolute atomic E-state index is 0. The summed E-state index contributed by atoms with van der Waals surface area (Å²) < 4.78 is 6.77. The first kappa shape index (κ1) is 19.8. The second-order valence-electron chi connectivity index (χ2n) is 5.94. The molecule has 134 valence electrons. The van der Waals surface area contributed by atoms with Crippen LogP contribution in [-0.2, 0) is 0 Å². The maximum Gasteiger partial charge on any atom is 0.253 e.